The van der Waals surface area contributed by atoms with Gasteiger partial charge in [-0.05, 0) is 44.0 Å². The third kappa shape index (κ3) is 1.72. The van der Waals surface area contributed by atoms with Crippen molar-refractivity contribution in [3.05, 3.63) is 52.6 Å². The smallest absolute Gasteiger partial charge is 0.0374 e. The predicted molar refractivity (Wildman–Crippen MR) is 82.3 cm³/mol. The van der Waals surface area contributed by atoms with Crippen molar-refractivity contribution in [2.75, 3.05) is 7.05 Å². The molecular weight excluding hydrogens is 230 g/mol. The zero-order valence-corrected chi connectivity index (χ0v) is 12.6. The van der Waals surface area contributed by atoms with Gasteiger partial charge < -0.3 is 5.32 Å². The first kappa shape index (κ1) is 12.7. The molecule has 1 aromatic carbocycles. The summed E-state index contributed by atoms with van der Waals surface area (Å²) >= 11 is 0. The Morgan fingerprint density at radius 2 is 1.89 bits per heavy atom. The molecule has 1 N–H and O–H groups in total. The molecule has 0 aliphatic heterocycles. The quantitative estimate of drug-likeness (QED) is 0.798. The van der Waals surface area contributed by atoms with Gasteiger partial charge in [0.1, 0.15) is 0 Å². The fourth-order valence-corrected chi connectivity index (χ4v) is 3.44. The molecule has 0 saturated heterocycles. The van der Waals surface area contributed by atoms with Crippen LogP contribution in [0.5, 0.6) is 0 Å². The van der Waals surface area contributed by atoms with Crippen LogP contribution in [-0.4, -0.2) is 12.6 Å². The number of aryl methyl sites for hydroxylation is 1. The van der Waals surface area contributed by atoms with Crippen molar-refractivity contribution in [2.24, 2.45) is 0 Å². The minimum absolute atomic E-state index is 0.0905. The normalized spacial score (nSPS) is 27.4. The van der Waals surface area contributed by atoms with E-state index in [0.717, 1.165) is 6.42 Å². The van der Waals surface area contributed by atoms with Crippen LogP contribution in [-0.2, 0) is 5.41 Å². The van der Waals surface area contributed by atoms with Gasteiger partial charge in [-0.25, -0.2) is 0 Å². The second-order valence-corrected chi connectivity index (χ2v) is 6.74. The maximum Gasteiger partial charge on any atom is 0.0374 e. The van der Waals surface area contributed by atoms with Gasteiger partial charge in [-0.15, -0.1) is 0 Å². The zero-order chi connectivity index (χ0) is 13.8. The lowest BCUT2D eigenvalue weighted by atomic mass is 9.74. The van der Waals surface area contributed by atoms with Crippen LogP contribution in [0.2, 0.25) is 0 Å². The summed E-state index contributed by atoms with van der Waals surface area (Å²) < 4.78 is 0. The molecular formula is C18H23N. The van der Waals surface area contributed by atoms with E-state index in [4.69, 9.17) is 0 Å². The summed E-state index contributed by atoms with van der Waals surface area (Å²) in [7, 11) is 2.05. The van der Waals surface area contributed by atoms with E-state index in [1.54, 1.807) is 5.57 Å². The lowest BCUT2D eigenvalue weighted by Crippen LogP contribution is -2.40. The van der Waals surface area contributed by atoms with Crippen LogP contribution in [0.4, 0.5) is 0 Å². The average Bonchev–Trinajstić information content (AvgIpc) is 2.59. The molecule has 3 rings (SSSR count). The van der Waals surface area contributed by atoms with Crippen LogP contribution in [0.15, 0.2) is 35.9 Å². The number of hydrogen-bond acceptors (Lipinski definition) is 1. The van der Waals surface area contributed by atoms with Crippen LogP contribution in [0, 0.1) is 6.92 Å². The Morgan fingerprint density at radius 3 is 2.58 bits per heavy atom. The van der Waals surface area contributed by atoms with Crippen LogP contribution < -0.4 is 5.32 Å². The molecule has 1 atom stereocenters. The SMILES string of the molecule is CNC1(C)C=CC2=C(C1)C(C)(C)c1cc(C)ccc12. The van der Waals surface area contributed by atoms with E-state index < -0.39 is 0 Å². The highest BCUT2D eigenvalue weighted by Gasteiger charge is 2.41. The van der Waals surface area contributed by atoms with Crippen molar-refractivity contribution >= 4 is 5.57 Å². The van der Waals surface area contributed by atoms with Crippen LogP contribution in [0.1, 0.15) is 43.9 Å². The minimum Gasteiger partial charge on any atom is -0.311 e. The summed E-state index contributed by atoms with van der Waals surface area (Å²) in [4.78, 5) is 0. The van der Waals surface area contributed by atoms with E-state index in [0.29, 0.717) is 0 Å². The maximum absolute atomic E-state index is 3.45. The van der Waals surface area contributed by atoms with Gasteiger partial charge in [-0.3, -0.25) is 0 Å². The van der Waals surface area contributed by atoms with Crippen molar-refractivity contribution in [1.82, 2.24) is 5.32 Å². The Morgan fingerprint density at radius 1 is 1.16 bits per heavy atom. The Bertz CT molecular complexity index is 604. The average molecular weight is 253 g/mol. The summed E-state index contributed by atoms with van der Waals surface area (Å²) in [6, 6.07) is 6.88. The molecule has 19 heavy (non-hydrogen) atoms. The molecule has 0 spiro atoms. The molecule has 1 heteroatoms. The number of rotatable bonds is 1. The van der Waals surface area contributed by atoms with Gasteiger partial charge in [0.15, 0.2) is 0 Å². The number of allylic oxidation sites excluding steroid dienone is 2. The van der Waals surface area contributed by atoms with E-state index in [1.807, 2.05) is 0 Å². The molecule has 0 bridgehead atoms. The molecule has 0 saturated carbocycles. The van der Waals surface area contributed by atoms with E-state index in [-0.39, 0.29) is 11.0 Å². The molecule has 0 radical (unpaired) electrons. The third-order valence-electron chi connectivity index (χ3n) is 4.95. The largest absolute Gasteiger partial charge is 0.311 e. The number of likely N-dealkylation sites (N-methyl/N-ethyl adjacent to an activating group) is 1. The Hall–Kier alpha value is -1.34. The van der Waals surface area contributed by atoms with E-state index in [9.17, 15) is 0 Å². The molecule has 2 aliphatic carbocycles. The van der Waals surface area contributed by atoms with Crippen molar-refractivity contribution in [3.63, 3.8) is 0 Å². The fraction of sp³-hybridized carbons (Fsp3) is 0.444. The van der Waals surface area contributed by atoms with Gasteiger partial charge in [-0.1, -0.05) is 55.3 Å². The molecule has 2 aliphatic rings. The monoisotopic (exact) mass is 253 g/mol. The Kier molecular flexibility index (Phi) is 2.56. The Balaban J connectivity index is 2.16. The molecule has 1 aromatic rings. The molecule has 0 heterocycles. The number of fused-ring (bicyclic) bond motifs is 2. The highest BCUT2D eigenvalue weighted by Crippen LogP contribution is 2.51. The number of hydrogen-bond donors (Lipinski definition) is 1. The van der Waals surface area contributed by atoms with Crippen molar-refractivity contribution in [3.8, 4) is 0 Å². The summed E-state index contributed by atoms with van der Waals surface area (Å²) in [6.07, 6.45) is 5.73. The first-order valence-electron chi connectivity index (χ1n) is 7.11. The van der Waals surface area contributed by atoms with E-state index in [1.165, 1.54) is 22.3 Å². The Labute approximate surface area is 116 Å². The van der Waals surface area contributed by atoms with Gasteiger partial charge >= 0.3 is 0 Å². The molecule has 1 nitrogen and oxygen atoms in total. The highest BCUT2D eigenvalue weighted by atomic mass is 14.9. The van der Waals surface area contributed by atoms with Crippen molar-refractivity contribution in [1.29, 1.82) is 0 Å². The highest BCUT2D eigenvalue weighted by molar-refractivity contribution is 5.87. The second-order valence-electron chi connectivity index (χ2n) is 6.74. The molecule has 0 aromatic heterocycles. The first-order chi connectivity index (χ1) is 8.87. The molecule has 100 valence electrons. The maximum atomic E-state index is 3.45. The predicted octanol–water partition coefficient (Wildman–Crippen LogP) is 3.98. The molecule has 1 unspecified atom stereocenters. The van der Waals surface area contributed by atoms with Gasteiger partial charge in [0.25, 0.3) is 0 Å². The van der Waals surface area contributed by atoms with Crippen molar-refractivity contribution < 1.29 is 0 Å². The lowest BCUT2D eigenvalue weighted by molar-refractivity contribution is 0.441. The molecule has 0 fully saturated rings. The topological polar surface area (TPSA) is 12.0 Å². The second kappa shape index (κ2) is 3.83. The number of nitrogens with one attached hydrogen (secondary N) is 1. The van der Waals surface area contributed by atoms with Gasteiger partial charge in [0, 0.05) is 11.0 Å². The zero-order valence-electron chi connectivity index (χ0n) is 12.6. The van der Waals surface area contributed by atoms with E-state index >= 15 is 0 Å². The minimum atomic E-state index is 0.0905. The summed E-state index contributed by atoms with van der Waals surface area (Å²) in [5, 5.41) is 3.45. The third-order valence-corrected chi connectivity index (χ3v) is 4.95. The van der Waals surface area contributed by atoms with Gasteiger partial charge in [-0.2, -0.15) is 0 Å². The lowest BCUT2D eigenvalue weighted by Gasteiger charge is -2.35. The van der Waals surface area contributed by atoms with Crippen molar-refractivity contribution in [2.45, 2.75) is 45.1 Å². The van der Waals surface area contributed by atoms with Gasteiger partial charge in [0.05, 0.1) is 0 Å². The molecule has 0 amide bonds. The van der Waals surface area contributed by atoms with Gasteiger partial charge in [0.2, 0.25) is 0 Å². The van der Waals surface area contributed by atoms with Crippen LogP contribution in [0.3, 0.4) is 0 Å². The summed E-state index contributed by atoms with van der Waals surface area (Å²) in [5.74, 6) is 0. The van der Waals surface area contributed by atoms with Crippen LogP contribution >= 0.6 is 0 Å². The first-order valence-corrected chi connectivity index (χ1v) is 7.11. The standard InChI is InChI=1S/C18H23N/c1-12-6-7-13-14-8-9-18(4,19-5)11-16(14)17(2,3)15(13)10-12/h6-10,19H,11H2,1-5H3. The summed E-state index contributed by atoms with van der Waals surface area (Å²) in [5.41, 5.74) is 7.54. The van der Waals surface area contributed by atoms with E-state index in [2.05, 4.69) is 70.4 Å². The fourth-order valence-electron chi connectivity index (χ4n) is 3.44. The number of benzene rings is 1. The van der Waals surface area contributed by atoms with Crippen LogP contribution in [0.25, 0.3) is 5.57 Å². The summed E-state index contributed by atoms with van der Waals surface area (Å²) in [6.45, 7) is 9.19.